The number of rotatable bonds is 42. The number of carbonyl (C=O) groups is 2. The Morgan fingerprint density at radius 2 is 0.754 bits per heavy atom. The first kappa shape index (κ1) is 54.1. The number of unbranched alkanes of at least 4 members (excludes halogenated alkanes) is 20. The van der Waals surface area contributed by atoms with Gasteiger partial charge in [-0.3, -0.25) is 9.59 Å². The highest BCUT2D eigenvalue weighted by Crippen LogP contribution is 2.14. The third-order valence-electron chi connectivity index (χ3n) is 9.95. The topological polar surface area (TPSA) is 72.8 Å². The van der Waals surface area contributed by atoms with Crippen molar-refractivity contribution in [3.05, 3.63) is 85.1 Å². The Kier molecular flexibility index (Phi) is 45.0. The zero-order valence-electron chi connectivity index (χ0n) is 37.1. The fourth-order valence-corrected chi connectivity index (χ4v) is 6.42. The highest BCUT2D eigenvalue weighted by molar-refractivity contribution is 5.70. The molecule has 0 spiro atoms. The van der Waals surface area contributed by atoms with Gasteiger partial charge in [0.2, 0.25) is 0 Å². The number of ether oxygens (including phenoxy) is 2. The van der Waals surface area contributed by atoms with Crippen LogP contribution in [0.25, 0.3) is 0 Å². The van der Waals surface area contributed by atoms with Crippen LogP contribution in [0.1, 0.15) is 213 Å². The molecule has 57 heavy (non-hydrogen) atoms. The number of esters is 2. The first-order chi connectivity index (χ1) is 28.1. The number of carbonyl (C=O) groups excluding carboxylic acids is 2. The predicted octanol–water partition coefficient (Wildman–Crippen LogP) is 15.5. The molecule has 1 atom stereocenters. The standard InChI is InChI=1S/C52H88O5/c1-3-5-7-9-11-13-15-17-19-20-21-22-23-24-25-26-27-28-29-30-31-32-33-35-37-39-41-43-45-47-52(55)57-50(48-53)49-56-51(54)46-44-42-40-38-36-34-18-16-14-12-10-8-6-4-2/h5,7,11,13,17,19,21-22,24-25,27-28,30-31,50,53H,3-4,6,8-10,12,14-16,18,20,23,26,29,32-49H2,1-2H3/b7-5-,13-11-,19-17-,22-21-,25-24-,28-27-,31-30-. The van der Waals surface area contributed by atoms with Crippen LogP contribution in [0, 0.1) is 0 Å². The molecule has 0 aliphatic rings. The van der Waals surface area contributed by atoms with E-state index in [9.17, 15) is 14.7 Å². The fraction of sp³-hybridized carbons (Fsp3) is 0.692. The molecule has 5 nitrogen and oxygen atoms in total. The van der Waals surface area contributed by atoms with E-state index < -0.39 is 6.10 Å². The van der Waals surface area contributed by atoms with Crippen molar-refractivity contribution in [1.82, 2.24) is 0 Å². The van der Waals surface area contributed by atoms with E-state index in [1.807, 2.05) is 0 Å². The summed E-state index contributed by atoms with van der Waals surface area (Å²) in [6.07, 6.45) is 65.2. The summed E-state index contributed by atoms with van der Waals surface area (Å²) in [4.78, 5) is 24.4. The van der Waals surface area contributed by atoms with E-state index in [0.29, 0.717) is 12.8 Å². The van der Waals surface area contributed by atoms with Gasteiger partial charge in [0.1, 0.15) is 6.61 Å². The summed E-state index contributed by atoms with van der Waals surface area (Å²) < 4.78 is 10.6. The van der Waals surface area contributed by atoms with Crippen molar-refractivity contribution in [1.29, 1.82) is 0 Å². The number of allylic oxidation sites excluding steroid dienone is 14. The monoisotopic (exact) mass is 793 g/mol. The van der Waals surface area contributed by atoms with Crippen molar-refractivity contribution in [3.63, 3.8) is 0 Å². The Morgan fingerprint density at radius 1 is 0.421 bits per heavy atom. The van der Waals surface area contributed by atoms with Crippen molar-refractivity contribution in [2.24, 2.45) is 0 Å². The van der Waals surface area contributed by atoms with Crippen molar-refractivity contribution in [2.75, 3.05) is 13.2 Å². The van der Waals surface area contributed by atoms with Crippen LogP contribution in [-0.4, -0.2) is 36.4 Å². The summed E-state index contributed by atoms with van der Waals surface area (Å²) in [6, 6.07) is 0. The minimum Gasteiger partial charge on any atom is -0.462 e. The van der Waals surface area contributed by atoms with Crippen LogP contribution in [0.15, 0.2) is 85.1 Å². The lowest BCUT2D eigenvalue weighted by Crippen LogP contribution is -2.28. The zero-order chi connectivity index (χ0) is 41.4. The van der Waals surface area contributed by atoms with E-state index >= 15 is 0 Å². The van der Waals surface area contributed by atoms with E-state index in [-0.39, 0.29) is 25.2 Å². The average molecular weight is 793 g/mol. The predicted molar refractivity (Wildman–Crippen MR) is 246 cm³/mol. The SMILES string of the molecule is CC/C=C\C/C=C\C/C=C\C/C=C\C/C=C\C/C=C\C/C=C\CCCCCCCCCC(=O)OC(CO)COC(=O)CCCCCCCCCCCCCCCC. The van der Waals surface area contributed by atoms with Crippen LogP contribution in [0.2, 0.25) is 0 Å². The second-order valence-corrected chi connectivity index (χ2v) is 15.5. The summed E-state index contributed by atoms with van der Waals surface area (Å²) in [7, 11) is 0. The molecule has 0 aliphatic heterocycles. The Morgan fingerprint density at radius 3 is 1.14 bits per heavy atom. The highest BCUT2D eigenvalue weighted by Gasteiger charge is 2.16. The molecule has 326 valence electrons. The van der Waals surface area contributed by atoms with Crippen LogP contribution in [0.3, 0.4) is 0 Å². The quantitative estimate of drug-likeness (QED) is 0.0379. The van der Waals surface area contributed by atoms with Gasteiger partial charge in [0.25, 0.3) is 0 Å². The van der Waals surface area contributed by atoms with Gasteiger partial charge in [-0.15, -0.1) is 0 Å². The largest absolute Gasteiger partial charge is 0.462 e. The average Bonchev–Trinajstić information content (AvgIpc) is 3.21. The molecule has 0 aliphatic carbocycles. The van der Waals surface area contributed by atoms with Gasteiger partial charge in [-0.25, -0.2) is 0 Å². The fourth-order valence-electron chi connectivity index (χ4n) is 6.42. The van der Waals surface area contributed by atoms with Gasteiger partial charge in [0, 0.05) is 12.8 Å². The summed E-state index contributed by atoms with van der Waals surface area (Å²) in [5.74, 6) is -0.603. The first-order valence-electron chi connectivity index (χ1n) is 23.6. The first-order valence-corrected chi connectivity index (χ1v) is 23.6. The molecule has 0 aromatic carbocycles. The number of aliphatic hydroxyl groups excluding tert-OH is 1. The van der Waals surface area contributed by atoms with Crippen LogP contribution in [-0.2, 0) is 19.1 Å². The molecule has 0 heterocycles. The Balaban J connectivity index is 3.59. The van der Waals surface area contributed by atoms with Gasteiger partial charge in [-0.1, -0.05) is 214 Å². The molecule has 0 rings (SSSR count). The van der Waals surface area contributed by atoms with E-state index in [1.165, 1.54) is 96.3 Å². The lowest BCUT2D eigenvalue weighted by Gasteiger charge is -2.15. The molecule has 0 radical (unpaired) electrons. The maximum atomic E-state index is 12.2. The van der Waals surface area contributed by atoms with E-state index in [1.54, 1.807) is 0 Å². The maximum Gasteiger partial charge on any atom is 0.306 e. The third-order valence-corrected chi connectivity index (χ3v) is 9.95. The minimum atomic E-state index is -0.780. The lowest BCUT2D eigenvalue weighted by atomic mass is 10.0. The van der Waals surface area contributed by atoms with Crippen molar-refractivity contribution in [2.45, 2.75) is 219 Å². The normalized spacial score (nSPS) is 13.0. The molecule has 0 saturated carbocycles. The molecule has 1 N–H and O–H groups in total. The Bertz CT molecular complexity index is 1080. The van der Waals surface area contributed by atoms with Gasteiger partial charge in [0.15, 0.2) is 6.10 Å². The maximum absolute atomic E-state index is 12.2. The van der Waals surface area contributed by atoms with E-state index in [4.69, 9.17) is 9.47 Å². The molecule has 0 bridgehead atoms. The second kappa shape index (κ2) is 47.5. The molecule has 0 amide bonds. The molecule has 1 unspecified atom stereocenters. The van der Waals surface area contributed by atoms with Crippen LogP contribution in [0.4, 0.5) is 0 Å². The molecular weight excluding hydrogens is 705 g/mol. The molecule has 0 aromatic rings. The molecule has 0 saturated heterocycles. The highest BCUT2D eigenvalue weighted by atomic mass is 16.6. The molecule has 5 heteroatoms. The summed E-state index contributed by atoms with van der Waals surface area (Å²) in [6.45, 7) is 4.02. The molecule has 0 aromatic heterocycles. The number of hydrogen-bond donors (Lipinski definition) is 1. The molecular formula is C52H88O5. The van der Waals surface area contributed by atoms with Gasteiger partial charge in [0.05, 0.1) is 6.61 Å². The van der Waals surface area contributed by atoms with E-state index in [2.05, 4.69) is 98.9 Å². The summed E-state index contributed by atoms with van der Waals surface area (Å²) in [5, 5.41) is 9.59. The smallest absolute Gasteiger partial charge is 0.306 e. The van der Waals surface area contributed by atoms with Crippen molar-refractivity contribution >= 4 is 11.9 Å². The van der Waals surface area contributed by atoms with Crippen LogP contribution >= 0.6 is 0 Å². The molecule has 0 fully saturated rings. The number of hydrogen-bond acceptors (Lipinski definition) is 5. The third kappa shape index (κ3) is 45.7. The van der Waals surface area contributed by atoms with Gasteiger partial charge >= 0.3 is 11.9 Å². The van der Waals surface area contributed by atoms with Crippen LogP contribution < -0.4 is 0 Å². The van der Waals surface area contributed by atoms with Gasteiger partial charge < -0.3 is 14.6 Å². The van der Waals surface area contributed by atoms with Crippen molar-refractivity contribution < 1.29 is 24.2 Å². The summed E-state index contributed by atoms with van der Waals surface area (Å²) >= 11 is 0. The van der Waals surface area contributed by atoms with Crippen LogP contribution in [0.5, 0.6) is 0 Å². The Labute approximate surface area is 352 Å². The summed E-state index contributed by atoms with van der Waals surface area (Å²) in [5.41, 5.74) is 0. The lowest BCUT2D eigenvalue weighted by molar-refractivity contribution is -0.161. The number of aliphatic hydroxyl groups is 1. The zero-order valence-corrected chi connectivity index (χ0v) is 37.1. The van der Waals surface area contributed by atoms with Crippen molar-refractivity contribution in [3.8, 4) is 0 Å². The van der Waals surface area contributed by atoms with Gasteiger partial charge in [-0.2, -0.15) is 0 Å². The van der Waals surface area contributed by atoms with Gasteiger partial charge in [-0.05, 0) is 70.6 Å². The second-order valence-electron chi connectivity index (χ2n) is 15.5. The minimum absolute atomic E-state index is 0.0721. The van der Waals surface area contributed by atoms with E-state index in [0.717, 1.165) is 89.9 Å². The Hall–Kier alpha value is -2.92.